The summed E-state index contributed by atoms with van der Waals surface area (Å²) in [5, 5.41) is 0. The van der Waals surface area contributed by atoms with E-state index in [9.17, 15) is 0 Å². The van der Waals surface area contributed by atoms with Crippen LogP contribution in [-0.4, -0.2) is 12.9 Å². The molecule has 0 aromatic rings. The number of amidine groups is 1. The second-order valence-electron chi connectivity index (χ2n) is 3.84. The monoisotopic (exact) mass is 169 g/mol. The van der Waals surface area contributed by atoms with Crippen LogP contribution >= 0.6 is 0 Å². The highest BCUT2D eigenvalue weighted by Crippen LogP contribution is 2.36. The molecule has 0 bridgehead atoms. The highest BCUT2D eigenvalue weighted by Gasteiger charge is 2.31. The van der Waals surface area contributed by atoms with Gasteiger partial charge in [-0.05, 0) is 12.8 Å². The molecule has 0 unspecified atom stereocenters. The van der Waals surface area contributed by atoms with Crippen LogP contribution in [0.3, 0.4) is 0 Å². The van der Waals surface area contributed by atoms with Crippen LogP contribution in [0.5, 0.6) is 0 Å². The van der Waals surface area contributed by atoms with Crippen LogP contribution < -0.4 is 11.3 Å². The van der Waals surface area contributed by atoms with Gasteiger partial charge in [0.25, 0.3) is 0 Å². The summed E-state index contributed by atoms with van der Waals surface area (Å²) in [5.74, 6) is 6.38. The molecule has 0 amide bonds. The molecule has 3 nitrogen and oxygen atoms in total. The molecule has 1 saturated carbocycles. The molecule has 3 N–H and O–H groups in total. The van der Waals surface area contributed by atoms with Gasteiger partial charge in [-0.15, -0.1) is 0 Å². The summed E-state index contributed by atoms with van der Waals surface area (Å²) >= 11 is 0. The summed E-state index contributed by atoms with van der Waals surface area (Å²) in [6.45, 7) is 2.24. The molecule has 0 aromatic heterocycles. The molecule has 3 heteroatoms. The first kappa shape index (κ1) is 9.52. The van der Waals surface area contributed by atoms with Gasteiger partial charge in [0.05, 0.1) is 0 Å². The molecular weight excluding hydrogens is 150 g/mol. The molecule has 12 heavy (non-hydrogen) atoms. The molecule has 0 spiro atoms. The van der Waals surface area contributed by atoms with Crippen LogP contribution in [0.1, 0.15) is 39.0 Å². The zero-order chi connectivity index (χ0) is 9.03. The van der Waals surface area contributed by atoms with Crippen molar-refractivity contribution in [3.8, 4) is 0 Å². The lowest BCUT2D eigenvalue weighted by atomic mass is 9.75. The SMILES string of the molecule is CN=C(NN)C1(C)CCCCC1. The van der Waals surface area contributed by atoms with Crippen molar-refractivity contribution in [3.05, 3.63) is 0 Å². The van der Waals surface area contributed by atoms with Crippen molar-refractivity contribution in [2.45, 2.75) is 39.0 Å². The van der Waals surface area contributed by atoms with Gasteiger partial charge in [-0.1, -0.05) is 26.2 Å². The number of nitrogens with one attached hydrogen (secondary N) is 1. The van der Waals surface area contributed by atoms with Crippen LogP contribution in [0.4, 0.5) is 0 Å². The minimum absolute atomic E-state index is 0.210. The molecule has 0 saturated heterocycles. The van der Waals surface area contributed by atoms with Gasteiger partial charge in [0.1, 0.15) is 5.84 Å². The van der Waals surface area contributed by atoms with E-state index in [2.05, 4.69) is 17.3 Å². The number of aliphatic imine (C=N–C) groups is 1. The number of nitrogens with zero attached hydrogens (tertiary/aromatic N) is 1. The molecule has 0 atom stereocenters. The summed E-state index contributed by atoms with van der Waals surface area (Å²) in [6.07, 6.45) is 6.39. The Balaban J connectivity index is 2.67. The van der Waals surface area contributed by atoms with Gasteiger partial charge >= 0.3 is 0 Å². The van der Waals surface area contributed by atoms with E-state index in [1.54, 1.807) is 7.05 Å². The Labute approximate surface area is 74.4 Å². The van der Waals surface area contributed by atoms with Gasteiger partial charge in [-0.2, -0.15) is 0 Å². The minimum atomic E-state index is 0.210. The van der Waals surface area contributed by atoms with Gasteiger partial charge in [0.2, 0.25) is 0 Å². The second kappa shape index (κ2) is 3.90. The third kappa shape index (κ3) is 1.78. The van der Waals surface area contributed by atoms with Gasteiger partial charge in [0.15, 0.2) is 0 Å². The quantitative estimate of drug-likeness (QED) is 0.270. The van der Waals surface area contributed by atoms with Gasteiger partial charge in [0, 0.05) is 12.5 Å². The summed E-state index contributed by atoms with van der Waals surface area (Å²) in [7, 11) is 1.80. The first-order chi connectivity index (χ1) is 5.73. The zero-order valence-corrected chi connectivity index (χ0v) is 8.06. The van der Waals surface area contributed by atoms with Crippen molar-refractivity contribution in [2.75, 3.05) is 7.05 Å². The summed E-state index contributed by atoms with van der Waals surface area (Å²) in [6, 6.07) is 0. The summed E-state index contributed by atoms with van der Waals surface area (Å²) in [5.41, 5.74) is 2.92. The molecule has 1 aliphatic rings. The standard InChI is InChI=1S/C9H19N3/c1-9(8(11-2)12-10)6-4-3-5-7-9/h3-7,10H2,1-2H3,(H,11,12). The highest BCUT2D eigenvalue weighted by atomic mass is 15.3. The average Bonchev–Trinajstić information content (AvgIpc) is 2.07. The maximum atomic E-state index is 5.42. The van der Waals surface area contributed by atoms with E-state index in [-0.39, 0.29) is 5.41 Å². The Hall–Kier alpha value is -0.570. The van der Waals surface area contributed by atoms with Gasteiger partial charge in [-0.3, -0.25) is 4.99 Å². The summed E-state index contributed by atoms with van der Waals surface area (Å²) < 4.78 is 0. The van der Waals surface area contributed by atoms with Gasteiger partial charge in [-0.25, -0.2) is 5.84 Å². The second-order valence-corrected chi connectivity index (χ2v) is 3.84. The highest BCUT2D eigenvalue weighted by molar-refractivity contribution is 5.87. The topological polar surface area (TPSA) is 50.4 Å². The lowest BCUT2D eigenvalue weighted by molar-refractivity contribution is 0.304. The van der Waals surface area contributed by atoms with E-state index >= 15 is 0 Å². The lowest BCUT2D eigenvalue weighted by Crippen LogP contribution is -2.43. The normalized spacial score (nSPS) is 23.8. The Kier molecular flexibility index (Phi) is 3.09. The van der Waals surface area contributed by atoms with Crippen LogP contribution in [0.15, 0.2) is 4.99 Å². The molecular formula is C9H19N3. The van der Waals surface area contributed by atoms with Crippen molar-refractivity contribution in [2.24, 2.45) is 16.3 Å². The average molecular weight is 169 g/mol. The molecule has 1 aliphatic carbocycles. The minimum Gasteiger partial charge on any atom is -0.312 e. The molecule has 0 aromatic carbocycles. The van der Waals surface area contributed by atoms with Crippen LogP contribution in [-0.2, 0) is 0 Å². The third-order valence-electron chi connectivity index (χ3n) is 2.89. The van der Waals surface area contributed by atoms with E-state index in [1.807, 2.05) is 0 Å². The fourth-order valence-electron chi connectivity index (χ4n) is 2.08. The van der Waals surface area contributed by atoms with Crippen molar-refractivity contribution >= 4 is 5.84 Å². The number of hydrazine groups is 1. The maximum Gasteiger partial charge on any atom is 0.116 e. The molecule has 1 rings (SSSR count). The number of hydrogen-bond acceptors (Lipinski definition) is 2. The van der Waals surface area contributed by atoms with Crippen LogP contribution in [0, 0.1) is 5.41 Å². The molecule has 1 fully saturated rings. The zero-order valence-electron chi connectivity index (χ0n) is 8.06. The number of hydrogen-bond donors (Lipinski definition) is 2. The van der Waals surface area contributed by atoms with Crippen molar-refractivity contribution in [1.82, 2.24) is 5.43 Å². The fourth-order valence-corrected chi connectivity index (χ4v) is 2.08. The molecule has 0 heterocycles. The summed E-state index contributed by atoms with van der Waals surface area (Å²) in [4.78, 5) is 4.18. The largest absolute Gasteiger partial charge is 0.312 e. The Morgan fingerprint density at radius 3 is 2.33 bits per heavy atom. The fraction of sp³-hybridized carbons (Fsp3) is 0.889. The number of nitrogens with two attached hydrogens (primary N) is 1. The number of rotatable bonds is 1. The molecule has 0 aliphatic heterocycles. The van der Waals surface area contributed by atoms with E-state index in [0.29, 0.717) is 0 Å². The lowest BCUT2D eigenvalue weighted by Gasteiger charge is -2.34. The first-order valence-electron chi connectivity index (χ1n) is 4.67. The Morgan fingerprint density at radius 1 is 1.33 bits per heavy atom. The van der Waals surface area contributed by atoms with Crippen LogP contribution in [0.25, 0.3) is 0 Å². The van der Waals surface area contributed by atoms with Crippen LogP contribution in [0.2, 0.25) is 0 Å². The van der Waals surface area contributed by atoms with E-state index in [1.165, 1.54) is 32.1 Å². The predicted octanol–water partition coefficient (Wildman–Crippen LogP) is 1.45. The van der Waals surface area contributed by atoms with E-state index in [4.69, 9.17) is 5.84 Å². The Bertz CT molecular complexity index is 169. The van der Waals surface area contributed by atoms with Crippen molar-refractivity contribution in [1.29, 1.82) is 0 Å². The maximum absolute atomic E-state index is 5.42. The predicted molar refractivity (Wildman–Crippen MR) is 51.9 cm³/mol. The van der Waals surface area contributed by atoms with Crippen molar-refractivity contribution < 1.29 is 0 Å². The van der Waals surface area contributed by atoms with Gasteiger partial charge < -0.3 is 5.43 Å². The first-order valence-corrected chi connectivity index (χ1v) is 4.67. The van der Waals surface area contributed by atoms with Crippen molar-refractivity contribution in [3.63, 3.8) is 0 Å². The molecule has 70 valence electrons. The van der Waals surface area contributed by atoms with E-state index in [0.717, 1.165) is 5.84 Å². The van der Waals surface area contributed by atoms with E-state index < -0.39 is 0 Å². The third-order valence-corrected chi connectivity index (χ3v) is 2.89. The Morgan fingerprint density at radius 2 is 1.92 bits per heavy atom. The smallest absolute Gasteiger partial charge is 0.116 e. The molecule has 0 radical (unpaired) electrons.